The Labute approximate surface area is 163 Å². The number of para-hydroxylation sites is 1. The second-order valence-electron chi connectivity index (χ2n) is 7.01. The van der Waals surface area contributed by atoms with Crippen LogP contribution >= 0.6 is 0 Å². The lowest BCUT2D eigenvalue weighted by Crippen LogP contribution is -2.24. The number of benzene rings is 3. The van der Waals surface area contributed by atoms with E-state index in [-0.39, 0.29) is 5.69 Å². The van der Waals surface area contributed by atoms with E-state index in [0.29, 0.717) is 22.0 Å². The van der Waals surface area contributed by atoms with Gasteiger partial charge in [-0.2, -0.15) is 13.2 Å². The molecule has 5 rings (SSSR count). The maximum Gasteiger partial charge on any atom is 0.416 e. The van der Waals surface area contributed by atoms with Crippen molar-refractivity contribution in [2.75, 3.05) is 0 Å². The van der Waals surface area contributed by atoms with Crippen molar-refractivity contribution in [3.05, 3.63) is 88.8 Å². The number of aryl methyl sites for hydroxylation is 1. The van der Waals surface area contributed by atoms with Gasteiger partial charge < -0.3 is 0 Å². The van der Waals surface area contributed by atoms with Crippen molar-refractivity contribution in [3.63, 3.8) is 0 Å². The standard InChI is InChI=1S/C23H15F3N2O/c1-27-18-10-6-5-9-16(18)21-20(14-7-3-2-4-8-14)17-13-15(23(24,25)26)11-12-19(17)28(21)22(27)29/h2-13H,1H3. The third kappa shape index (κ3) is 2.49. The lowest BCUT2D eigenvalue weighted by Gasteiger charge is -2.09. The van der Waals surface area contributed by atoms with Gasteiger partial charge in [0.2, 0.25) is 0 Å². The summed E-state index contributed by atoms with van der Waals surface area (Å²) in [6.45, 7) is 0. The zero-order valence-electron chi connectivity index (χ0n) is 15.4. The topological polar surface area (TPSA) is 26.4 Å². The highest BCUT2D eigenvalue weighted by Gasteiger charge is 2.31. The van der Waals surface area contributed by atoms with Crippen LogP contribution < -0.4 is 5.69 Å². The zero-order valence-corrected chi connectivity index (χ0v) is 15.4. The lowest BCUT2D eigenvalue weighted by atomic mass is 10.00. The molecule has 0 aliphatic heterocycles. The molecule has 2 heterocycles. The highest BCUT2D eigenvalue weighted by molar-refractivity contribution is 6.13. The first-order valence-corrected chi connectivity index (χ1v) is 9.06. The first-order chi connectivity index (χ1) is 13.9. The molecule has 144 valence electrons. The fourth-order valence-corrected chi connectivity index (χ4v) is 4.04. The van der Waals surface area contributed by atoms with E-state index in [9.17, 15) is 18.0 Å². The second kappa shape index (κ2) is 5.98. The minimum Gasteiger partial charge on any atom is -0.296 e. The average Bonchev–Trinajstić information content (AvgIpc) is 3.07. The fourth-order valence-electron chi connectivity index (χ4n) is 4.04. The number of hydrogen-bond donors (Lipinski definition) is 0. The van der Waals surface area contributed by atoms with Crippen molar-refractivity contribution >= 4 is 27.3 Å². The smallest absolute Gasteiger partial charge is 0.296 e. The summed E-state index contributed by atoms with van der Waals surface area (Å²) in [6.07, 6.45) is -4.47. The molecule has 5 aromatic rings. The number of nitrogens with zero attached hydrogens (tertiary/aromatic N) is 2. The van der Waals surface area contributed by atoms with E-state index in [1.807, 2.05) is 54.6 Å². The number of hydrogen-bond acceptors (Lipinski definition) is 1. The average molecular weight is 392 g/mol. The van der Waals surface area contributed by atoms with Crippen LogP contribution in [0.5, 0.6) is 0 Å². The third-order valence-electron chi connectivity index (χ3n) is 5.36. The van der Waals surface area contributed by atoms with E-state index in [0.717, 1.165) is 28.6 Å². The summed E-state index contributed by atoms with van der Waals surface area (Å²) in [5, 5.41) is 1.21. The van der Waals surface area contributed by atoms with Gasteiger partial charge in [-0.05, 0) is 29.8 Å². The first kappa shape index (κ1) is 17.6. The summed E-state index contributed by atoms with van der Waals surface area (Å²) in [5.41, 5.74) is 2.15. The van der Waals surface area contributed by atoms with Gasteiger partial charge in [-0.15, -0.1) is 0 Å². The van der Waals surface area contributed by atoms with Crippen molar-refractivity contribution < 1.29 is 13.2 Å². The van der Waals surface area contributed by atoms with Gasteiger partial charge in [0, 0.05) is 23.4 Å². The third-order valence-corrected chi connectivity index (χ3v) is 5.36. The summed E-state index contributed by atoms with van der Waals surface area (Å²) >= 11 is 0. The van der Waals surface area contributed by atoms with E-state index < -0.39 is 11.7 Å². The molecular weight excluding hydrogens is 377 g/mol. The van der Waals surface area contributed by atoms with Crippen LogP contribution in [0, 0.1) is 0 Å². The normalized spacial score (nSPS) is 12.3. The molecule has 0 N–H and O–H groups in total. The fraction of sp³-hybridized carbons (Fsp3) is 0.0870. The molecule has 0 aliphatic carbocycles. The van der Waals surface area contributed by atoms with Crippen LogP contribution in [-0.2, 0) is 13.2 Å². The van der Waals surface area contributed by atoms with Gasteiger partial charge in [0.1, 0.15) is 0 Å². The van der Waals surface area contributed by atoms with Crippen LogP contribution in [0.3, 0.4) is 0 Å². The molecule has 0 aliphatic rings. The predicted molar refractivity (Wildman–Crippen MR) is 108 cm³/mol. The predicted octanol–water partition coefficient (Wildman–Crippen LogP) is 5.63. The number of halogens is 3. The van der Waals surface area contributed by atoms with E-state index in [4.69, 9.17) is 0 Å². The van der Waals surface area contributed by atoms with Crippen molar-refractivity contribution in [3.8, 4) is 11.1 Å². The lowest BCUT2D eigenvalue weighted by molar-refractivity contribution is -0.137. The summed E-state index contributed by atoms with van der Waals surface area (Å²) in [7, 11) is 1.67. The molecule has 0 bridgehead atoms. The Bertz CT molecular complexity index is 1460. The molecular formula is C23H15F3N2O. The van der Waals surface area contributed by atoms with Crippen LogP contribution in [0.4, 0.5) is 13.2 Å². The largest absolute Gasteiger partial charge is 0.416 e. The number of rotatable bonds is 1. The van der Waals surface area contributed by atoms with Gasteiger partial charge >= 0.3 is 11.9 Å². The van der Waals surface area contributed by atoms with E-state index >= 15 is 0 Å². The van der Waals surface area contributed by atoms with Gasteiger partial charge in [0.15, 0.2) is 0 Å². The van der Waals surface area contributed by atoms with Crippen LogP contribution in [0.2, 0.25) is 0 Å². The van der Waals surface area contributed by atoms with Crippen LogP contribution in [0.15, 0.2) is 77.6 Å². The molecule has 2 aromatic heterocycles. The molecule has 3 nitrogen and oxygen atoms in total. The molecule has 0 spiro atoms. The Morgan fingerprint density at radius 2 is 1.48 bits per heavy atom. The Morgan fingerprint density at radius 3 is 2.21 bits per heavy atom. The van der Waals surface area contributed by atoms with Crippen molar-refractivity contribution in [1.82, 2.24) is 8.97 Å². The Hall–Kier alpha value is -3.54. The molecule has 0 saturated heterocycles. The molecule has 0 unspecified atom stereocenters. The number of fused-ring (bicyclic) bond motifs is 5. The summed E-state index contributed by atoms with van der Waals surface area (Å²) < 4.78 is 43.3. The molecule has 3 aromatic carbocycles. The van der Waals surface area contributed by atoms with Crippen LogP contribution in [0.25, 0.3) is 38.4 Å². The van der Waals surface area contributed by atoms with Gasteiger partial charge in [0.05, 0.1) is 22.1 Å². The summed E-state index contributed by atoms with van der Waals surface area (Å²) in [5.74, 6) is 0. The van der Waals surface area contributed by atoms with E-state index in [1.54, 1.807) is 7.05 Å². The van der Waals surface area contributed by atoms with Gasteiger partial charge in [0.25, 0.3) is 0 Å². The molecule has 29 heavy (non-hydrogen) atoms. The SMILES string of the molecule is Cn1c(=O)n2c3ccc(C(F)(F)F)cc3c(-c3ccccc3)c2c2ccccc21. The Kier molecular flexibility index (Phi) is 3.62. The molecule has 0 atom stereocenters. The molecule has 0 fully saturated rings. The van der Waals surface area contributed by atoms with Gasteiger partial charge in [-0.25, -0.2) is 4.79 Å². The molecule has 0 saturated carbocycles. The van der Waals surface area contributed by atoms with Crippen molar-refractivity contribution in [1.29, 1.82) is 0 Å². The Morgan fingerprint density at radius 1 is 0.793 bits per heavy atom. The summed E-state index contributed by atoms with van der Waals surface area (Å²) in [4.78, 5) is 13.2. The van der Waals surface area contributed by atoms with E-state index in [2.05, 4.69) is 0 Å². The quantitative estimate of drug-likeness (QED) is 0.363. The number of aromatic nitrogens is 2. The van der Waals surface area contributed by atoms with Crippen LogP contribution in [0.1, 0.15) is 5.56 Å². The molecule has 0 radical (unpaired) electrons. The number of alkyl halides is 3. The minimum atomic E-state index is -4.47. The van der Waals surface area contributed by atoms with E-state index in [1.165, 1.54) is 15.0 Å². The Balaban J connectivity index is 2.11. The highest BCUT2D eigenvalue weighted by atomic mass is 19.4. The monoisotopic (exact) mass is 392 g/mol. The highest BCUT2D eigenvalue weighted by Crippen LogP contribution is 2.40. The van der Waals surface area contributed by atoms with Crippen molar-refractivity contribution in [2.24, 2.45) is 7.05 Å². The maximum absolute atomic E-state index is 13.4. The summed E-state index contributed by atoms with van der Waals surface area (Å²) in [6, 6.07) is 20.2. The van der Waals surface area contributed by atoms with Gasteiger partial charge in [-0.3, -0.25) is 8.97 Å². The van der Waals surface area contributed by atoms with Gasteiger partial charge in [-0.1, -0.05) is 48.5 Å². The van der Waals surface area contributed by atoms with Crippen molar-refractivity contribution in [2.45, 2.75) is 6.18 Å². The molecule has 0 amide bonds. The first-order valence-electron chi connectivity index (χ1n) is 9.06. The molecule has 6 heteroatoms. The maximum atomic E-state index is 13.4. The second-order valence-corrected chi connectivity index (χ2v) is 7.01. The minimum absolute atomic E-state index is 0.300. The zero-order chi connectivity index (χ0) is 20.3. The van der Waals surface area contributed by atoms with Crippen LogP contribution in [-0.4, -0.2) is 8.97 Å².